The molecule has 0 spiro atoms. The zero-order valence-corrected chi connectivity index (χ0v) is 17.8. The van der Waals surface area contributed by atoms with Crippen molar-refractivity contribution in [3.8, 4) is 11.8 Å². The molecule has 2 aromatic carbocycles. The lowest BCUT2D eigenvalue weighted by atomic mass is 9.77. The van der Waals surface area contributed by atoms with Gasteiger partial charge in [-0.05, 0) is 64.4 Å². The zero-order chi connectivity index (χ0) is 20.4. The van der Waals surface area contributed by atoms with Crippen LogP contribution < -0.4 is 10.5 Å². The largest absolute Gasteiger partial charge is 0.489 e. The maximum Gasteiger partial charge on any atom is 0.205 e. The number of carbonyl (C=O) groups excluding carboxylic acids is 1. The fourth-order valence-corrected chi connectivity index (χ4v) is 4.05. The highest BCUT2D eigenvalue weighted by Crippen LogP contribution is 2.43. The van der Waals surface area contributed by atoms with E-state index in [2.05, 4.69) is 28.7 Å². The second-order valence-corrected chi connectivity index (χ2v) is 8.27. The van der Waals surface area contributed by atoms with Gasteiger partial charge < -0.3 is 15.2 Å². The fraction of sp³-hybridized carbons (Fsp3) is 0.217. The van der Waals surface area contributed by atoms with E-state index in [1.807, 2.05) is 48.5 Å². The highest BCUT2D eigenvalue weighted by atomic mass is 127. The summed E-state index contributed by atoms with van der Waals surface area (Å²) in [5, 5.41) is 9.63. The Bertz CT molecular complexity index is 1050. The van der Waals surface area contributed by atoms with Gasteiger partial charge in [0.1, 0.15) is 29.8 Å². The van der Waals surface area contributed by atoms with Gasteiger partial charge in [0.05, 0.1) is 5.92 Å². The number of nitriles is 1. The smallest absolute Gasteiger partial charge is 0.205 e. The van der Waals surface area contributed by atoms with E-state index in [0.29, 0.717) is 30.8 Å². The molecular weight excluding hydrogens is 479 g/mol. The van der Waals surface area contributed by atoms with Crippen molar-refractivity contribution >= 4 is 28.4 Å². The normalized spacial score (nSPS) is 18.8. The topological polar surface area (TPSA) is 85.3 Å². The SMILES string of the molecule is N#CC1=C(N)OC2=C(C(=O)CCC2)[C@H]1c1ccc(OCc2ccc(I)cc2)cc1. The average Bonchev–Trinajstić information content (AvgIpc) is 2.73. The Hall–Kier alpha value is -2.79. The molecule has 2 aromatic rings. The molecule has 0 aromatic heterocycles. The van der Waals surface area contributed by atoms with Crippen molar-refractivity contribution in [3.05, 3.63) is 86.0 Å². The van der Waals surface area contributed by atoms with Crippen molar-refractivity contribution in [2.24, 2.45) is 5.73 Å². The molecule has 0 amide bonds. The summed E-state index contributed by atoms with van der Waals surface area (Å²) in [4.78, 5) is 12.6. The Morgan fingerprint density at radius 2 is 1.86 bits per heavy atom. The Kier molecular flexibility index (Phi) is 5.58. The minimum atomic E-state index is -0.484. The van der Waals surface area contributed by atoms with E-state index in [4.69, 9.17) is 15.2 Å². The summed E-state index contributed by atoms with van der Waals surface area (Å²) < 4.78 is 12.7. The quantitative estimate of drug-likeness (QED) is 0.619. The number of nitrogens with two attached hydrogens (primary N) is 1. The van der Waals surface area contributed by atoms with Gasteiger partial charge in [-0.2, -0.15) is 5.26 Å². The van der Waals surface area contributed by atoms with E-state index in [9.17, 15) is 10.1 Å². The van der Waals surface area contributed by atoms with Gasteiger partial charge in [-0.3, -0.25) is 4.79 Å². The predicted octanol–water partition coefficient (Wildman–Crippen LogP) is 4.68. The Morgan fingerprint density at radius 3 is 2.55 bits per heavy atom. The molecule has 0 fully saturated rings. The van der Waals surface area contributed by atoms with Crippen molar-refractivity contribution in [1.29, 1.82) is 5.26 Å². The summed E-state index contributed by atoms with van der Waals surface area (Å²) in [5.41, 5.74) is 8.75. The summed E-state index contributed by atoms with van der Waals surface area (Å²) in [6.45, 7) is 0.470. The summed E-state index contributed by atoms with van der Waals surface area (Å²) in [7, 11) is 0. The van der Waals surface area contributed by atoms with Crippen molar-refractivity contribution in [1.82, 2.24) is 0 Å². The number of Topliss-reactive ketones (excluding diaryl/α,β-unsaturated/α-hetero) is 1. The fourth-order valence-electron chi connectivity index (χ4n) is 3.69. The molecule has 0 bridgehead atoms. The van der Waals surface area contributed by atoms with Gasteiger partial charge in [0.2, 0.25) is 5.88 Å². The number of ether oxygens (including phenoxy) is 2. The van der Waals surface area contributed by atoms with Crippen LogP contribution in [0.5, 0.6) is 5.75 Å². The summed E-state index contributed by atoms with van der Waals surface area (Å²) >= 11 is 2.27. The maximum atomic E-state index is 12.6. The first-order valence-electron chi connectivity index (χ1n) is 9.38. The Morgan fingerprint density at radius 1 is 1.14 bits per heavy atom. The van der Waals surface area contributed by atoms with Crippen molar-refractivity contribution < 1.29 is 14.3 Å². The molecule has 2 aliphatic rings. The molecule has 0 saturated carbocycles. The molecular formula is C23H19IN2O3. The molecule has 1 aliphatic heterocycles. The second-order valence-electron chi connectivity index (χ2n) is 7.02. The number of carbonyl (C=O) groups is 1. The molecule has 2 N–H and O–H groups in total. The summed E-state index contributed by atoms with van der Waals surface area (Å²) in [6.07, 6.45) is 1.87. The Balaban J connectivity index is 1.58. The molecule has 1 atom stereocenters. The van der Waals surface area contributed by atoms with Gasteiger partial charge in [0.15, 0.2) is 5.78 Å². The van der Waals surface area contributed by atoms with Gasteiger partial charge in [-0.15, -0.1) is 0 Å². The lowest BCUT2D eigenvalue weighted by Crippen LogP contribution is -2.27. The molecule has 0 unspecified atom stereocenters. The maximum absolute atomic E-state index is 12.6. The van der Waals surface area contributed by atoms with Gasteiger partial charge in [0, 0.05) is 22.0 Å². The third-order valence-electron chi connectivity index (χ3n) is 5.14. The monoisotopic (exact) mass is 498 g/mol. The third kappa shape index (κ3) is 4.01. The number of allylic oxidation sites excluding steroid dienone is 3. The van der Waals surface area contributed by atoms with Crippen LogP contribution in [0.3, 0.4) is 0 Å². The molecule has 1 heterocycles. The van der Waals surface area contributed by atoms with Crippen molar-refractivity contribution in [2.45, 2.75) is 31.8 Å². The molecule has 0 radical (unpaired) electrons. The van der Waals surface area contributed by atoms with Crippen LogP contribution in [0.15, 0.2) is 71.3 Å². The molecule has 5 nitrogen and oxygen atoms in total. The summed E-state index contributed by atoms with van der Waals surface area (Å²) in [5.74, 6) is 0.947. The minimum Gasteiger partial charge on any atom is -0.489 e. The highest BCUT2D eigenvalue weighted by molar-refractivity contribution is 14.1. The minimum absolute atomic E-state index is 0.0236. The number of ketones is 1. The molecule has 4 rings (SSSR count). The predicted molar refractivity (Wildman–Crippen MR) is 116 cm³/mol. The number of nitrogens with zero attached hydrogens (tertiary/aromatic N) is 1. The lowest BCUT2D eigenvalue weighted by molar-refractivity contribution is -0.116. The standard InChI is InChI=1S/C23H19IN2O3/c24-16-8-4-14(5-9-16)13-28-17-10-6-15(7-11-17)21-18(12-25)23(26)29-20-3-1-2-19(27)22(20)21/h4-11,21H,1-3,13,26H2/t21-/m0/s1. The van der Waals surface area contributed by atoms with Crippen LogP contribution in [-0.4, -0.2) is 5.78 Å². The van der Waals surface area contributed by atoms with Gasteiger partial charge in [-0.1, -0.05) is 24.3 Å². The van der Waals surface area contributed by atoms with Crippen LogP contribution >= 0.6 is 22.6 Å². The molecule has 1 aliphatic carbocycles. The van der Waals surface area contributed by atoms with Crippen LogP contribution in [0.1, 0.15) is 36.3 Å². The van der Waals surface area contributed by atoms with E-state index in [0.717, 1.165) is 23.3 Å². The zero-order valence-electron chi connectivity index (χ0n) is 15.7. The van der Waals surface area contributed by atoms with Gasteiger partial charge in [0.25, 0.3) is 0 Å². The first kappa shape index (κ1) is 19.5. The van der Waals surface area contributed by atoms with E-state index in [1.54, 1.807) is 0 Å². The van der Waals surface area contributed by atoms with Crippen LogP contribution in [0.2, 0.25) is 0 Å². The van der Waals surface area contributed by atoms with Gasteiger partial charge in [-0.25, -0.2) is 0 Å². The molecule has 0 saturated heterocycles. The number of hydrogen-bond donors (Lipinski definition) is 1. The van der Waals surface area contributed by atoms with E-state index in [1.165, 1.54) is 3.57 Å². The van der Waals surface area contributed by atoms with E-state index >= 15 is 0 Å². The summed E-state index contributed by atoms with van der Waals surface area (Å²) in [6, 6.07) is 17.8. The van der Waals surface area contributed by atoms with Crippen LogP contribution in [0.25, 0.3) is 0 Å². The third-order valence-corrected chi connectivity index (χ3v) is 5.86. The number of halogens is 1. The molecule has 6 heteroatoms. The Labute approximate surface area is 182 Å². The van der Waals surface area contributed by atoms with Crippen molar-refractivity contribution in [3.63, 3.8) is 0 Å². The van der Waals surface area contributed by atoms with Crippen LogP contribution in [0.4, 0.5) is 0 Å². The number of benzene rings is 2. The first-order chi connectivity index (χ1) is 14.1. The molecule has 29 heavy (non-hydrogen) atoms. The second kappa shape index (κ2) is 8.29. The highest BCUT2D eigenvalue weighted by Gasteiger charge is 2.37. The molecule has 146 valence electrons. The number of hydrogen-bond acceptors (Lipinski definition) is 5. The van der Waals surface area contributed by atoms with Crippen LogP contribution in [-0.2, 0) is 16.1 Å². The average molecular weight is 498 g/mol. The van der Waals surface area contributed by atoms with Crippen LogP contribution in [0, 0.1) is 14.9 Å². The van der Waals surface area contributed by atoms with Gasteiger partial charge >= 0.3 is 0 Å². The van der Waals surface area contributed by atoms with Crippen molar-refractivity contribution in [2.75, 3.05) is 0 Å². The lowest BCUT2D eigenvalue weighted by Gasteiger charge is -2.31. The van der Waals surface area contributed by atoms with E-state index in [-0.39, 0.29) is 17.2 Å². The first-order valence-corrected chi connectivity index (χ1v) is 10.5. The number of rotatable bonds is 4. The van der Waals surface area contributed by atoms with E-state index < -0.39 is 5.92 Å².